The SMILES string of the molecule is CC(C)c1cc(C#N)cnc1C(=O)Nc1ccc2[nH]nc(-c3cnco3)c2c1. The van der Waals surface area contributed by atoms with E-state index < -0.39 is 0 Å². The van der Waals surface area contributed by atoms with Gasteiger partial charge >= 0.3 is 0 Å². The summed E-state index contributed by atoms with van der Waals surface area (Å²) in [6.45, 7) is 3.91. The van der Waals surface area contributed by atoms with Gasteiger partial charge in [0.25, 0.3) is 5.91 Å². The van der Waals surface area contributed by atoms with Crippen LogP contribution in [0.25, 0.3) is 22.4 Å². The van der Waals surface area contributed by atoms with Crippen molar-refractivity contribution in [2.75, 3.05) is 5.32 Å². The first kappa shape index (κ1) is 17.4. The molecule has 0 aliphatic carbocycles. The Morgan fingerprint density at radius 1 is 1.29 bits per heavy atom. The molecular formula is C20H16N6O2. The standard InChI is InChI=1S/C20H16N6O2/c1-11(2)14-5-12(7-21)8-23-19(14)20(27)24-13-3-4-16-15(6-13)18(26-25-16)17-9-22-10-28-17/h3-6,8-11H,1-2H3,(H,24,27)(H,25,26). The van der Waals surface area contributed by atoms with E-state index in [-0.39, 0.29) is 11.8 Å². The molecule has 3 aromatic heterocycles. The maximum atomic E-state index is 12.8. The number of anilines is 1. The Labute approximate surface area is 160 Å². The van der Waals surface area contributed by atoms with Gasteiger partial charge in [-0.05, 0) is 35.7 Å². The number of nitrogens with one attached hydrogen (secondary N) is 2. The molecule has 8 heteroatoms. The Morgan fingerprint density at radius 3 is 2.86 bits per heavy atom. The van der Waals surface area contributed by atoms with Crippen molar-refractivity contribution in [2.24, 2.45) is 0 Å². The van der Waals surface area contributed by atoms with Gasteiger partial charge in [-0.1, -0.05) is 13.8 Å². The number of hydrogen-bond acceptors (Lipinski definition) is 6. The van der Waals surface area contributed by atoms with E-state index in [0.29, 0.717) is 28.4 Å². The molecule has 0 unspecified atom stereocenters. The summed E-state index contributed by atoms with van der Waals surface area (Å²) in [4.78, 5) is 20.9. The van der Waals surface area contributed by atoms with E-state index in [1.165, 1.54) is 12.6 Å². The Kier molecular flexibility index (Phi) is 4.33. The van der Waals surface area contributed by atoms with Crippen molar-refractivity contribution in [3.05, 3.63) is 59.9 Å². The zero-order chi connectivity index (χ0) is 19.7. The average molecular weight is 372 g/mol. The number of aromatic nitrogens is 4. The van der Waals surface area contributed by atoms with Crippen LogP contribution in [0.15, 0.2) is 47.5 Å². The predicted molar refractivity (Wildman–Crippen MR) is 103 cm³/mol. The molecule has 4 rings (SSSR count). The fourth-order valence-corrected chi connectivity index (χ4v) is 2.98. The average Bonchev–Trinajstić information content (AvgIpc) is 3.36. The van der Waals surface area contributed by atoms with Crippen LogP contribution in [0.2, 0.25) is 0 Å². The van der Waals surface area contributed by atoms with Gasteiger partial charge in [0.2, 0.25) is 0 Å². The number of H-pyrrole nitrogens is 1. The molecule has 0 saturated carbocycles. The van der Waals surface area contributed by atoms with E-state index in [4.69, 9.17) is 9.68 Å². The first-order valence-electron chi connectivity index (χ1n) is 8.65. The minimum atomic E-state index is -0.336. The van der Waals surface area contributed by atoms with Crippen LogP contribution < -0.4 is 5.32 Å². The van der Waals surface area contributed by atoms with Gasteiger partial charge in [-0.3, -0.25) is 9.89 Å². The smallest absolute Gasteiger partial charge is 0.274 e. The van der Waals surface area contributed by atoms with Crippen molar-refractivity contribution >= 4 is 22.5 Å². The fraction of sp³-hybridized carbons (Fsp3) is 0.150. The van der Waals surface area contributed by atoms with Gasteiger partial charge < -0.3 is 9.73 Å². The van der Waals surface area contributed by atoms with Gasteiger partial charge in [0.1, 0.15) is 17.5 Å². The minimum absolute atomic E-state index is 0.0518. The molecule has 1 aromatic carbocycles. The number of carbonyl (C=O) groups excluding carboxylic acids is 1. The largest absolute Gasteiger partial charge is 0.442 e. The third kappa shape index (κ3) is 3.10. The first-order chi connectivity index (χ1) is 13.6. The number of oxazole rings is 1. The van der Waals surface area contributed by atoms with Crippen LogP contribution in [0.4, 0.5) is 5.69 Å². The van der Waals surface area contributed by atoms with Crippen LogP contribution in [0, 0.1) is 11.3 Å². The molecular weight excluding hydrogens is 356 g/mol. The van der Waals surface area contributed by atoms with Crippen molar-refractivity contribution in [3.8, 4) is 17.5 Å². The molecule has 0 aliphatic rings. The molecule has 0 atom stereocenters. The lowest BCUT2D eigenvalue weighted by Gasteiger charge is -2.12. The molecule has 28 heavy (non-hydrogen) atoms. The first-order valence-corrected chi connectivity index (χ1v) is 8.65. The number of pyridine rings is 1. The molecule has 0 fully saturated rings. The molecule has 0 bridgehead atoms. The zero-order valence-corrected chi connectivity index (χ0v) is 15.2. The highest BCUT2D eigenvalue weighted by Gasteiger charge is 2.18. The Bertz CT molecular complexity index is 1200. The molecule has 4 aromatic rings. The summed E-state index contributed by atoms with van der Waals surface area (Å²) in [5.41, 5.74) is 3.48. The van der Waals surface area contributed by atoms with Crippen LogP contribution in [0.3, 0.4) is 0 Å². The molecule has 1 amide bonds. The number of fused-ring (bicyclic) bond motifs is 1. The number of nitrogens with zero attached hydrogens (tertiary/aromatic N) is 4. The van der Waals surface area contributed by atoms with E-state index in [9.17, 15) is 4.79 Å². The van der Waals surface area contributed by atoms with Crippen LogP contribution in [0.5, 0.6) is 0 Å². The fourth-order valence-electron chi connectivity index (χ4n) is 2.98. The maximum absolute atomic E-state index is 12.8. The highest BCUT2D eigenvalue weighted by Crippen LogP contribution is 2.28. The molecule has 8 nitrogen and oxygen atoms in total. The van der Waals surface area contributed by atoms with E-state index >= 15 is 0 Å². The van der Waals surface area contributed by atoms with Crippen LogP contribution in [-0.2, 0) is 0 Å². The van der Waals surface area contributed by atoms with Crippen LogP contribution in [0.1, 0.15) is 41.4 Å². The molecule has 3 heterocycles. The van der Waals surface area contributed by atoms with Crippen molar-refractivity contribution in [2.45, 2.75) is 19.8 Å². The van der Waals surface area contributed by atoms with Gasteiger partial charge in [-0.2, -0.15) is 10.4 Å². The molecule has 2 N–H and O–H groups in total. The quantitative estimate of drug-likeness (QED) is 0.561. The lowest BCUT2D eigenvalue weighted by atomic mass is 9.99. The number of rotatable bonds is 4. The molecule has 0 aliphatic heterocycles. The molecule has 138 valence electrons. The Hall–Kier alpha value is -3.99. The van der Waals surface area contributed by atoms with E-state index in [0.717, 1.165) is 16.5 Å². The number of hydrogen-bond donors (Lipinski definition) is 2. The van der Waals surface area contributed by atoms with Crippen LogP contribution >= 0.6 is 0 Å². The predicted octanol–water partition coefficient (Wildman–Crippen LogP) is 3.86. The molecule has 0 spiro atoms. The number of aromatic amines is 1. The number of benzene rings is 1. The Morgan fingerprint density at radius 2 is 2.14 bits per heavy atom. The van der Waals surface area contributed by atoms with Crippen molar-refractivity contribution in [1.82, 2.24) is 20.2 Å². The van der Waals surface area contributed by atoms with Crippen LogP contribution in [-0.4, -0.2) is 26.1 Å². The second-order valence-electron chi connectivity index (χ2n) is 6.58. The summed E-state index contributed by atoms with van der Waals surface area (Å²) in [5.74, 6) is 0.249. The van der Waals surface area contributed by atoms with E-state index in [2.05, 4.69) is 31.6 Å². The summed E-state index contributed by atoms with van der Waals surface area (Å²) < 4.78 is 5.32. The minimum Gasteiger partial charge on any atom is -0.442 e. The lowest BCUT2D eigenvalue weighted by Crippen LogP contribution is -2.17. The summed E-state index contributed by atoms with van der Waals surface area (Å²) in [5, 5.41) is 19.9. The summed E-state index contributed by atoms with van der Waals surface area (Å²) in [6, 6.07) is 9.18. The number of carbonyl (C=O) groups is 1. The topological polar surface area (TPSA) is 120 Å². The second-order valence-corrected chi connectivity index (χ2v) is 6.58. The number of amides is 1. The van der Waals surface area contributed by atoms with Gasteiger partial charge in [-0.15, -0.1) is 0 Å². The van der Waals surface area contributed by atoms with Gasteiger partial charge in [0, 0.05) is 17.3 Å². The Balaban J connectivity index is 1.68. The number of nitriles is 1. The van der Waals surface area contributed by atoms with Gasteiger partial charge in [0.05, 0.1) is 17.3 Å². The van der Waals surface area contributed by atoms with Crippen molar-refractivity contribution in [1.29, 1.82) is 5.26 Å². The van der Waals surface area contributed by atoms with Gasteiger partial charge in [-0.25, -0.2) is 9.97 Å². The van der Waals surface area contributed by atoms with E-state index in [1.807, 2.05) is 26.0 Å². The highest BCUT2D eigenvalue weighted by atomic mass is 16.3. The summed E-state index contributed by atoms with van der Waals surface area (Å²) in [7, 11) is 0. The van der Waals surface area contributed by atoms with E-state index in [1.54, 1.807) is 18.3 Å². The summed E-state index contributed by atoms with van der Waals surface area (Å²) in [6.07, 6.45) is 4.32. The lowest BCUT2D eigenvalue weighted by molar-refractivity contribution is 0.102. The zero-order valence-electron chi connectivity index (χ0n) is 15.2. The summed E-state index contributed by atoms with van der Waals surface area (Å²) >= 11 is 0. The van der Waals surface area contributed by atoms with Crippen molar-refractivity contribution < 1.29 is 9.21 Å². The monoisotopic (exact) mass is 372 g/mol. The normalized spacial score (nSPS) is 10.9. The van der Waals surface area contributed by atoms with Gasteiger partial charge in [0.15, 0.2) is 12.2 Å². The highest BCUT2D eigenvalue weighted by molar-refractivity contribution is 6.05. The maximum Gasteiger partial charge on any atom is 0.274 e. The third-order valence-corrected chi connectivity index (χ3v) is 4.37. The molecule has 0 radical (unpaired) electrons. The third-order valence-electron chi connectivity index (χ3n) is 4.37. The second kappa shape index (κ2) is 6.96. The van der Waals surface area contributed by atoms with Crippen molar-refractivity contribution in [3.63, 3.8) is 0 Å². The molecule has 0 saturated heterocycles.